The molecule has 0 aliphatic carbocycles. The van der Waals surface area contributed by atoms with Crippen molar-refractivity contribution in [1.29, 1.82) is 0 Å². The van der Waals surface area contributed by atoms with Gasteiger partial charge in [0.15, 0.2) is 0 Å². The highest BCUT2D eigenvalue weighted by Gasteiger charge is 2.24. The highest BCUT2D eigenvalue weighted by molar-refractivity contribution is 7.99. The lowest BCUT2D eigenvalue weighted by molar-refractivity contribution is 0.138. The van der Waals surface area contributed by atoms with Crippen LogP contribution in [-0.2, 0) is 13.0 Å². The van der Waals surface area contributed by atoms with Crippen LogP contribution in [0.4, 0.5) is 0 Å². The van der Waals surface area contributed by atoms with Crippen molar-refractivity contribution in [3.63, 3.8) is 0 Å². The van der Waals surface area contributed by atoms with Gasteiger partial charge in [0, 0.05) is 13.0 Å². The minimum Gasteiger partial charge on any atom is -0.387 e. The van der Waals surface area contributed by atoms with Crippen molar-refractivity contribution in [3.05, 3.63) is 17.7 Å². The smallest absolute Gasteiger partial charge is 0.109 e. The summed E-state index contributed by atoms with van der Waals surface area (Å²) >= 11 is 2.06. The summed E-state index contributed by atoms with van der Waals surface area (Å²) in [6.07, 6.45) is 5.99. The van der Waals surface area contributed by atoms with Crippen molar-refractivity contribution in [3.8, 4) is 0 Å². The van der Waals surface area contributed by atoms with Gasteiger partial charge in [-0.05, 0) is 36.7 Å². The third-order valence-electron chi connectivity index (χ3n) is 3.67. The zero-order chi connectivity index (χ0) is 11.0. The first-order valence-electron chi connectivity index (χ1n) is 6.14. The van der Waals surface area contributed by atoms with E-state index in [-0.39, 0.29) is 6.10 Å². The minimum atomic E-state index is -0.284. The molecule has 0 spiro atoms. The minimum absolute atomic E-state index is 0.284. The number of hydrogen-bond acceptors (Lipinski definition) is 3. The summed E-state index contributed by atoms with van der Waals surface area (Å²) in [6, 6.07) is 0. The average molecular weight is 238 g/mol. The Balaban J connectivity index is 1.79. The van der Waals surface area contributed by atoms with Crippen molar-refractivity contribution in [2.75, 3.05) is 11.5 Å². The Labute approximate surface area is 100 Å². The van der Waals surface area contributed by atoms with E-state index in [4.69, 9.17) is 0 Å². The molecule has 4 heteroatoms. The fraction of sp³-hybridized carbons (Fsp3) is 0.750. The number of imidazole rings is 1. The van der Waals surface area contributed by atoms with Crippen LogP contribution in [0.5, 0.6) is 0 Å². The predicted octanol–water partition coefficient (Wildman–Crippen LogP) is 2.01. The van der Waals surface area contributed by atoms with E-state index in [1.54, 1.807) is 0 Å². The Bertz CT molecular complexity index is 371. The van der Waals surface area contributed by atoms with Crippen molar-refractivity contribution < 1.29 is 5.11 Å². The number of aliphatic hydroxyl groups is 1. The van der Waals surface area contributed by atoms with Gasteiger partial charge in [0.2, 0.25) is 0 Å². The molecule has 0 radical (unpaired) electrons. The van der Waals surface area contributed by atoms with Crippen LogP contribution in [0.2, 0.25) is 0 Å². The zero-order valence-corrected chi connectivity index (χ0v) is 10.2. The first kappa shape index (κ1) is 10.7. The molecular weight excluding hydrogens is 220 g/mol. The van der Waals surface area contributed by atoms with Gasteiger partial charge in [-0.15, -0.1) is 0 Å². The molecule has 3 heterocycles. The molecule has 1 aromatic heterocycles. The van der Waals surface area contributed by atoms with Gasteiger partial charge in [-0.1, -0.05) is 0 Å². The maximum absolute atomic E-state index is 9.87. The lowest BCUT2D eigenvalue weighted by Crippen LogP contribution is -2.18. The van der Waals surface area contributed by atoms with Gasteiger partial charge in [-0.3, -0.25) is 0 Å². The summed E-state index contributed by atoms with van der Waals surface area (Å²) in [5.74, 6) is 4.59. The van der Waals surface area contributed by atoms with Gasteiger partial charge < -0.3 is 9.67 Å². The van der Waals surface area contributed by atoms with Gasteiger partial charge in [-0.25, -0.2) is 4.98 Å². The quantitative estimate of drug-likeness (QED) is 0.856. The molecule has 0 aromatic carbocycles. The lowest BCUT2D eigenvalue weighted by atomic mass is 10.0. The van der Waals surface area contributed by atoms with Crippen molar-refractivity contribution in [2.24, 2.45) is 5.92 Å². The molecule has 2 atom stereocenters. The Morgan fingerprint density at radius 1 is 1.50 bits per heavy atom. The van der Waals surface area contributed by atoms with E-state index < -0.39 is 0 Å². The van der Waals surface area contributed by atoms with Gasteiger partial charge in [0.25, 0.3) is 0 Å². The Hall–Kier alpha value is -0.480. The Morgan fingerprint density at radius 3 is 3.25 bits per heavy atom. The molecule has 1 saturated heterocycles. The van der Waals surface area contributed by atoms with Crippen molar-refractivity contribution in [1.82, 2.24) is 9.55 Å². The normalized spacial score (nSPS) is 29.3. The number of nitrogens with zero attached hydrogens (tertiary/aromatic N) is 2. The third kappa shape index (κ3) is 1.89. The molecule has 2 aliphatic heterocycles. The Kier molecular flexibility index (Phi) is 2.94. The first-order valence-corrected chi connectivity index (χ1v) is 7.30. The number of fused-ring (bicyclic) bond motifs is 1. The molecule has 0 saturated carbocycles. The molecular formula is C12H18N2OS. The van der Waals surface area contributed by atoms with Crippen molar-refractivity contribution >= 4 is 11.8 Å². The van der Waals surface area contributed by atoms with Gasteiger partial charge >= 0.3 is 0 Å². The monoisotopic (exact) mass is 238 g/mol. The van der Waals surface area contributed by atoms with Gasteiger partial charge in [0.1, 0.15) is 5.82 Å². The summed E-state index contributed by atoms with van der Waals surface area (Å²) in [5, 5.41) is 9.87. The van der Waals surface area contributed by atoms with Crippen LogP contribution in [0.15, 0.2) is 6.20 Å². The molecule has 88 valence electrons. The fourth-order valence-electron chi connectivity index (χ4n) is 2.71. The van der Waals surface area contributed by atoms with E-state index in [1.165, 1.54) is 23.8 Å². The molecule has 3 nitrogen and oxygen atoms in total. The zero-order valence-electron chi connectivity index (χ0n) is 9.43. The topological polar surface area (TPSA) is 38.0 Å². The molecule has 1 N–H and O–H groups in total. The number of aliphatic hydroxyl groups excluding tert-OH is 1. The third-order valence-corrected chi connectivity index (χ3v) is 4.90. The second-order valence-corrected chi connectivity index (χ2v) is 5.99. The van der Waals surface area contributed by atoms with E-state index >= 15 is 0 Å². The van der Waals surface area contributed by atoms with E-state index in [1.807, 2.05) is 6.20 Å². The first-order chi connectivity index (χ1) is 7.84. The van der Waals surface area contributed by atoms with Crippen LogP contribution >= 0.6 is 11.8 Å². The largest absolute Gasteiger partial charge is 0.387 e. The Morgan fingerprint density at radius 2 is 2.44 bits per heavy atom. The lowest BCUT2D eigenvalue weighted by Gasteiger charge is -2.21. The van der Waals surface area contributed by atoms with Gasteiger partial charge in [0.05, 0.1) is 18.0 Å². The maximum atomic E-state index is 9.87. The van der Waals surface area contributed by atoms with Crippen LogP contribution in [0.25, 0.3) is 0 Å². The standard InChI is InChI=1S/C12H18N2OS/c15-11-2-1-4-14-10(11)7-13-12(14)6-9-3-5-16-8-9/h7,9,11,15H,1-6,8H2. The molecule has 0 bridgehead atoms. The van der Waals surface area contributed by atoms with E-state index in [2.05, 4.69) is 21.3 Å². The van der Waals surface area contributed by atoms with Crippen LogP contribution in [-0.4, -0.2) is 26.2 Å². The van der Waals surface area contributed by atoms with E-state index in [0.29, 0.717) is 0 Å². The van der Waals surface area contributed by atoms with E-state index in [9.17, 15) is 5.11 Å². The summed E-state index contributed by atoms with van der Waals surface area (Å²) < 4.78 is 2.25. The number of aromatic nitrogens is 2. The van der Waals surface area contributed by atoms with Crippen LogP contribution in [0, 0.1) is 5.92 Å². The summed E-state index contributed by atoms with van der Waals surface area (Å²) in [4.78, 5) is 4.51. The summed E-state index contributed by atoms with van der Waals surface area (Å²) in [6.45, 7) is 1.04. The second kappa shape index (κ2) is 4.41. The predicted molar refractivity (Wildman–Crippen MR) is 65.6 cm³/mol. The van der Waals surface area contributed by atoms with Gasteiger partial charge in [-0.2, -0.15) is 11.8 Å². The molecule has 2 unspecified atom stereocenters. The van der Waals surface area contributed by atoms with Crippen LogP contribution in [0.3, 0.4) is 0 Å². The fourth-order valence-corrected chi connectivity index (χ4v) is 3.99. The number of thioether (sulfide) groups is 1. The molecule has 16 heavy (non-hydrogen) atoms. The highest BCUT2D eigenvalue weighted by Crippen LogP contribution is 2.30. The molecule has 1 aromatic rings. The maximum Gasteiger partial charge on any atom is 0.109 e. The molecule has 2 aliphatic rings. The van der Waals surface area contributed by atoms with Crippen LogP contribution in [0.1, 0.15) is 36.9 Å². The SMILES string of the molecule is OC1CCCn2c1cnc2CC1CCSC1. The molecule has 0 amide bonds. The number of rotatable bonds is 2. The summed E-state index contributed by atoms with van der Waals surface area (Å²) in [7, 11) is 0. The number of hydrogen-bond donors (Lipinski definition) is 1. The highest BCUT2D eigenvalue weighted by atomic mass is 32.2. The summed E-state index contributed by atoms with van der Waals surface area (Å²) in [5.41, 5.74) is 1.03. The molecule has 1 fully saturated rings. The van der Waals surface area contributed by atoms with Crippen molar-refractivity contribution in [2.45, 2.75) is 38.3 Å². The molecule has 3 rings (SSSR count). The second-order valence-electron chi connectivity index (χ2n) is 4.84. The van der Waals surface area contributed by atoms with E-state index in [0.717, 1.165) is 37.4 Å². The van der Waals surface area contributed by atoms with Crippen LogP contribution < -0.4 is 0 Å². The average Bonchev–Trinajstić information content (AvgIpc) is 2.90.